The van der Waals surface area contributed by atoms with E-state index in [1.54, 1.807) is 12.1 Å². The fraction of sp³-hybridized carbons (Fsp3) is 0.526. The number of unbranched alkanes of at least 4 members (excludes halogenated alkanes) is 1. The van der Waals surface area contributed by atoms with Crippen LogP contribution in [-0.4, -0.2) is 35.0 Å². The molecule has 0 aliphatic rings. The number of carbonyl (C=O) groups excluding carboxylic acids is 2. The predicted octanol–water partition coefficient (Wildman–Crippen LogP) is 2.51. The van der Waals surface area contributed by atoms with Gasteiger partial charge in [-0.15, -0.1) is 0 Å². The van der Waals surface area contributed by atoms with Gasteiger partial charge in [-0.2, -0.15) is 0 Å². The van der Waals surface area contributed by atoms with Gasteiger partial charge in [0.25, 0.3) is 5.91 Å². The first-order chi connectivity index (χ1) is 11.8. The fourth-order valence-electron chi connectivity index (χ4n) is 2.51. The number of benzene rings is 1. The van der Waals surface area contributed by atoms with E-state index >= 15 is 0 Å². The minimum Gasteiger partial charge on any atom is -0.480 e. The number of amides is 2. The zero-order valence-corrected chi connectivity index (χ0v) is 15.3. The van der Waals surface area contributed by atoms with E-state index in [0.717, 1.165) is 12.0 Å². The Kier molecular flexibility index (Phi) is 8.11. The molecule has 0 aliphatic heterocycles. The largest absolute Gasteiger partial charge is 0.480 e. The van der Waals surface area contributed by atoms with Crippen LogP contribution < -0.4 is 10.6 Å². The van der Waals surface area contributed by atoms with Crippen molar-refractivity contribution in [3.05, 3.63) is 35.4 Å². The van der Waals surface area contributed by atoms with Crippen LogP contribution in [0.15, 0.2) is 24.3 Å². The molecule has 0 heterocycles. The zero-order chi connectivity index (χ0) is 19.0. The van der Waals surface area contributed by atoms with Crippen molar-refractivity contribution in [2.24, 2.45) is 5.92 Å². The summed E-state index contributed by atoms with van der Waals surface area (Å²) in [5.41, 5.74) is 1.32. The average Bonchev–Trinajstić information content (AvgIpc) is 2.55. The van der Waals surface area contributed by atoms with Crippen LogP contribution in [0.5, 0.6) is 0 Å². The molecule has 2 atom stereocenters. The molecule has 1 aromatic carbocycles. The van der Waals surface area contributed by atoms with Gasteiger partial charge in [-0.3, -0.25) is 9.59 Å². The Morgan fingerprint density at radius 2 is 1.76 bits per heavy atom. The van der Waals surface area contributed by atoms with Crippen molar-refractivity contribution in [1.29, 1.82) is 0 Å². The molecule has 0 aromatic heterocycles. The molecule has 1 rings (SSSR count). The van der Waals surface area contributed by atoms with Gasteiger partial charge in [0.1, 0.15) is 12.1 Å². The monoisotopic (exact) mass is 348 g/mol. The first-order valence-electron chi connectivity index (χ1n) is 8.67. The molecule has 0 bridgehead atoms. The van der Waals surface area contributed by atoms with E-state index in [1.807, 2.05) is 39.8 Å². The number of hydrogen-bond donors (Lipinski definition) is 3. The van der Waals surface area contributed by atoms with Gasteiger partial charge in [0.15, 0.2) is 0 Å². The van der Waals surface area contributed by atoms with Crippen molar-refractivity contribution in [1.82, 2.24) is 10.6 Å². The maximum atomic E-state index is 12.5. The predicted molar refractivity (Wildman–Crippen MR) is 96.4 cm³/mol. The standard InChI is InChI=1S/C19H28N2O4/c1-5-6-11-15(19(24)25)20-18(23)16(12(2)3)21-17(22)14-10-8-7-9-13(14)4/h7-10,12,15-16H,5-6,11H2,1-4H3,(H,20,23)(H,21,22)(H,24,25). The summed E-state index contributed by atoms with van der Waals surface area (Å²) in [6, 6.07) is 5.38. The van der Waals surface area contributed by atoms with Crippen molar-refractivity contribution < 1.29 is 19.5 Å². The van der Waals surface area contributed by atoms with Crippen LogP contribution >= 0.6 is 0 Å². The second-order valence-corrected chi connectivity index (χ2v) is 6.55. The molecule has 6 heteroatoms. The summed E-state index contributed by atoms with van der Waals surface area (Å²) >= 11 is 0. The zero-order valence-electron chi connectivity index (χ0n) is 15.3. The lowest BCUT2D eigenvalue weighted by Gasteiger charge is -2.24. The molecule has 0 saturated carbocycles. The fourth-order valence-corrected chi connectivity index (χ4v) is 2.51. The number of hydrogen-bond acceptors (Lipinski definition) is 3. The van der Waals surface area contributed by atoms with Crippen LogP contribution in [0, 0.1) is 12.8 Å². The van der Waals surface area contributed by atoms with Crippen molar-refractivity contribution in [3.63, 3.8) is 0 Å². The van der Waals surface area contributed by atoms with Crippen LogP contribution in [0.3, 0.4) is 0 Å². The summed E-state index contributed by atoms with van der Waals surface area (Å²) in [7, 11) is 0. The molecule has 2 unspecified atom stereocenters. The Hall–Kier alpha value is -2.37. The molecule has 0 radical (unpaired) electrons. The highest BCUT2D eigenvalue weighted by atomic mass is 16.4. The van der Waals surface area contributed by atoms with E-state index in [4.69, 9.17) is 0 Å². The lowest BCUT2D eigenvalue weighted by Crippen LogP contribution is -2.53. The van der Waals surface area contributed by atoms with Crippen LogP contribution in [0.2, 0.25) is 0 Å². The lowest BCUT2D eigenvalue weighted by molar-refractivity contribution is -0.142. The van der Waals surface area contributed by atoms with Crippen molar-refractivity contribution in [3.8, 4) is 0 Å². The van der Waals surface area contributed by atoms with E-state index in [1.165, 1.54) is 0 Å². The smallest absolute Gasteiger partial charge is 0.326 e. The van der Waals surface area contributed by atoms with Gasteiger partial charge in [-0.1, -0.05) is 51.8 Å². The van der Waals surface area contributed by atoms with Crippen molar-refractivity contribution >= 4 is 17.8 Å². The van der Waals surface area contributed by atoms with Crippen LogP contribution in [0.25, 0.3) is 0 Å². The number of carboxylic acids is 1. The van der Waals surface area contributed by atoms with E-state index < -0.39 is 24.0 Å². The first-order valence-corrected chi connectivity index (χ1v) is 8.67. The number of rotatable bonds is 9. The topological polar surface area (TPSA) is 95.5 Å². The summed E-state index contributed by atoms with van der Waals surface area (Å²) in [6.45, 7) is 7.40. The third kappa shape index (κ3) is 6.21. The average molecular weight is 348 g/mol. The minimum absolute atomic E-state index is 0.173. The molecule has 2 amide bonds. The van der Waals surface area contributed by atoms with Gasteiger partial charge < -0.3 is 15.7 Å². The second kappa shape index (κ2) is 9.81. The molecule has 0 saturated heterocycles. The molecule has 25 heavy (non-hydrogen) atoms. The summed E-state index contributed by atoms with van der Waals surface area (Å²) in [5.74, 6) is -2.05. The Labute approximate surface area is 149 Å². The van der Waals surface area contributed by atoms with Crippen molar-refractivity contribution in [2.45, 2.75) is 59.0 Å². The number of carbonyl (C=O) groups is 3. The molecule has 138 valence electrons. The Balaban J connectivity index is 2.84. The molecule has 1 aromatic rings. The van der Waals surface area contributed by atoms with Gasteiger partial charge in [0.2, 0.25) is 5.91 Å². The molecular formula is C19H28N2O4. The molecular weight excluding hydrogens is 320 g/mol. The number of nitrogens with one attached hydrogen (secondary N) is 2. The van der Waals surface area contributed by atoms with Crippen molar-refractivity contribution in [2.75, 3.05) is 0 Å². The number of aryl methyl sites for hydroxylation is 1. The quantitative estimate of drug-likeness (QED) is 0.639. The molecule has 0 fully saturated rings. The highest BCUT2D eigenvalue weighted by Crippen LogP contribution is 2.10. The molecule has 6 nitrogen and oxygen atoms in total. The maximum absolute atomic E-state index is 12.5. The third-order valence-electron chi connectivity index (χ3n) is 4.09. The Bertz CT molecular complexity index is 613. The minimum atomic E-state index is -1.06. The Morgan fingerprint density at radius 1 is 1.12 bits per heavy atom. The highest BCUT2D eigenvalue weighted by molar-refractivity contribution is 5.99. The van der Waals surface area contributed by atoms with Gasteiger partial charge >= 0.3 is 5.97 Å². The third-order valence-corrected chi connectivity index (χ3v) is 4.09. The van der Waals surface area contributed by atoms with Crippen LogP contribution in [0.4, 0.5) is 0 Å². The van der Waals surface area contributed by atoms with Gasteiger partial charge in [0.05, 0.1) is 0 Å². The summed E-state index contributed by atoms with van der Waals surface area (Å²) < 4.78 is 0. The summed E-state index contributed by atoms with van der Waals surface area (Å²) in [6.07, 6.45) is 1.92. The van der Waals surface area contributed by atoms with E-state index in [2.05, 4.69) is 10.6 Å². The molecule has 3 N–H and O–H groups in total. The highest BCUT2D eigenvalue weighted by Gasteiger charge is 2.28. The summed E-state index contributed by atoms with van der Waals surface area (Å²) in [4.78, 5) is 36.3. The SMILES string of the molecule is CCCCC(NC(=O)C(NC(=O)c1ccccc1C)C(C)C)C(=O)O. The van der Waals surface area contributed by atoms with E-state index in [-0.39, 0.29) is 11.8 Å². The maximum Gasteiger partial charge on any atom is 0.326 e. The van der Waals surface area contributed by atoms with Crippen LogP contribution in [0.1, 0.15) is 56.0 Å². The van der Waals surface area contributed by atoms with Gasteiger partial charge in [-0.25, -0.2) is 4.79 Å². The van der Waals surface area contributed by atoms with Gasteiger partial charge in [-0.05, 0) is 30.9 Å². The van der Waals surface area contributed by atoms with Gasteiger partial charge in [0, 0.05) is 5.56 Å². The molecule has 0 spiro atoms. The Morgan fingerprint density at radius 3 is 2.28 bits per heavy atom. The van der Waals surface area contributed by atoms with E-state index in [9.17, 15) is 19.5 Å². The second-order valence-electron chi connectivity index (χ2n) is 6.55. The van der Waals surface area contributed by atoms with E-state index in [0.29, 0.717) is 18.4 Å². The summed E-state index contributed by atoms with van der Waals surface area (Å²) in [5, 5.41) is 14.5. The first kappa shape index (κ1) is 20.7. The normalized spacial score (nSPS) is 13.2. The van der Waals surface area contributed by atoms with Crippen LogP contribution in [-0.2, 0) is 9.59 Å². The lowest BCUT2D eigenvalue weighted by atomic mass is 10.0. The number of carboxylic acid groups (broad SMARTS) is 1. The number of aliphatic carboxylic acids is 1. The molecule has 0 aliphatic carbocycles.